The van der Waals surface area contributed by atoms with Crippen molar-refractivity contribution in [2.75, 3.05) is 10.6 Å². The SMILES string of the molecule is CC(C)c1c(C(=O)Nc2ccccc2)c(-c2ccccc2)c(-c2ccc(F)cc2)n1CC[C@@H](O)C[C@@H](O)CC(=O)[O-].CC(C)c1c(C(=O)Nc2ccccc2)c(-c2ccccc2)c(-c2ccc(F)cc2)n1CC[C@H](O)C[C@H](O)CC(=O)[O-].[Na+].[Na+]. The fourth-order valence-electron chi connectivity index (χ4n) is 10.4. The van der Waals surface area contributed by atoms with Gasteiger partial charge in [0.2, 0.25) is 0 Å². The Morgan fingerprint density at radius 3 is 1.02 bits per heavy atom. The fraction of sp³-hybridized carbons (Fsp3) is 0.273. The van der Waals surface area contributed by atoms with Gasteiger partial charge in [-0.25, -0.2) is 8.78 Å². The minimum absolute atomic E-state index is 0. The zero-order valence-corrected chi connectivity index (χ0v) is 52.2. The molecule has 0 aliphatic rings. The molecule has 0 saturated carbocycles. The molecule has 2 aromatic heterocycles. The Kier molecular flexibility index (Phi) is 26.5. The second kappa shape index (κ2) is 32.7. The van der Waals surface area contributed by atoms with Gasteiger partial charge in [0.1, 0.15) is 11.6 Å². The number of aliphatic hydroxyl groups excluding tert-OH is 4. The summed E-state index contributed by atoms with van der Waals surface area (Å²) in [5.74, 6) is -4.41. The summed E-state index contributed by atoms with van der Waals surface area (Å²) >= 11 is 0. The number of benzene rings is 6. The first-order valence-corrected chi connectivity index (χ1v) is 27.3. The Hall–Kier alpha value is -6.54. The summed E-state index contributed by atoms with van der Waals surface area (Å²) in [5, 5.41) is 69.2. The van der Waals surface area contributed by atoms with Crippen LogP contribution in [0.1, 0.15) is 110 Å². The zero-order chi connectivity index (χ0) is 59.0. The van der Waals surface area contributed by atoms with Crippen molar-refractivity contribution in [1.29, 1.82) is 0 Å². The summed E-state index contributed by atoms with van der Waals surface area (Å²) < 4.78 is 32.0. The number of anilines is 2. The van der Waals surface area contributed by atoms with E-state index in [1.807, 2.05) is 134 Å². The number of carbonyl (C=O) groups is 4. The average molecular weight is 1160 g/mol. The van der Waals surface area contributed by atoms with Crippen molar-refractivity contribution in [2.45, 2.75) is 116 Å². The van der Waals surface area contributed by atoms with E-state index in [-0.39, 0.29) is 122 Å². The Morgan fingerprint density at radius 2 is 0.738 bits per heavy atom. The third-order valence-corrected chi connectivity index (χ3v) is 13.8. The molecule has 428 valence electrons. The van der Waals surface area contributed by atoms with Crippen molar-refractivity contribution in [2.24, 2.45) is 0 Å². The predicted octanol–water partition coefficient (Wildman–Crippen LogP) is 3.97. The van der Waals surface area contributed by atoms with Crippen molar-refractivity contribution in [3.63, 3.8) is 0 Å². The fourth-order valence-corrected chi connectivity index (χ4v) is 10.4. The molecular weight excluding hydrogens is 1090 g/mol. The number of carboxylic acids is 2. The molecule has 6 N–H and O–H groups in total. The topological polar surface area (TPSA) is 229 Å². The second-order valence-electron chi connectivity index (χ2n) is 20.8. The number of amides is 2. The van der Waals surface area contributed by atoms with E-state index in [1.54, 1.807) is 48.5 Å². The summed E-state index contributed by atoms with van der Waals surface area (Å²) in [7, 11) is 0. The van der Waals surface area contributed by atoms with Gasteiger partial charge in [0.25, 0.3) is 11.8 Å². The Balaban J connectivity index is 0.000000300. The molecule has 0 fully saturated rings. The standard InChI is InChI=1S/2C33H35FN2O5.2Na/c2*1-21(2)31-30(33(41)35-25-11-7-4-8-12-25)29(22-9-5-3-6-10-22)32(23-13-15-24(34)16-14-23)36(31)18-17-26(37)19-27(38)20-28(39)40;;/h2*3-16,21,26-27,37-38H,17-20H2,1-2H3,(H,35,41)(H,39,40);;/q;;2*+1/p-2/t2*26-,27-;;/m10../s1. The summed E-state index contributed by atoms with van der Waals surface area (Å²) in [6.45, 7) is 8.45. The van der Waals surface area contributed by atoms with Crippen LogP contribution in [0.15, 0.2) is 170 Å². The van der Waals surface area contributed by atoms with Gasteiger partial charge in [-0.1, -0.05) is 125 Å². The molecule has 84 heavy (non-hydrogen) atoms. The van der Waals surface area contributed by atoms with E-state index in [4.69, 9.17) is 0 Å². The molecule has 0 saturated heterocycles. The first-order valence-electron chi connectivity index (χ1n) is 27.3. The smallest absolute Gasteiger partial charge is 0.550 e. The van der Waals surface area contributed by atoms with E-state index < -0.39 is 60.8 Å². The van der Waals surface area contributed by atoms with Crippen LogP contribution in [-0.2, 0) is 22.7 Å². The number of nitrogens with one attached hydrogen (secondary N) is 2. The van der Waals surface area contributed by atoms with Gasteiger partial charge in [-0.2, -0.15) is 0 Å². The number of carboxylic acid groups (broad SMARTS) is 2. The van der Waals surface area contributed by atoms with Crippen LogP contribution in [0, 0.1) is 11.6 Å². The maximum Gasteiger partial charge on any atom is 1.00 e. The van der Waals surface area contributed by atoms with E-state index in [0.717, 1.165) is 22.5 Å². The number of aromatic nitrogens is 2. The molecule has 0 radical (unpaired) electrons. The minimum Gasteiger partial charge on any atom is -0.550 e. The van der Waals surface area contributed by atoms with Crippen LogP contribution in [0.3, 0.4) is 0 Å². The van der Waals surface area contributed by atoms with E-state index in [0.29, 0.717) is 56.1 Å². The number of nitrogens with zero attached hydrogens (tertiary/aromatic N) is 2. The van der Waals surface area contributed by atoms with Crippen LogP contribution >= 0.6 is 0 Å². The number of rotatable bonds is 24. The first-order chi connectivity index (χ1) is 39.3. The largest absolute Gasteiger partial charge is 1.00 e. The van der Waals surface area contributed by atoms with Gasteiger partial charge < -0.3 is 60.0 Å². The number of aliphatic hydroxyl groups is 4. The first kappa shape index (κ1) is 68.2. The molecule has 0 aliphatic heterocycles. The molecule has 6 aromatic carbocycles. The third-order valence-electron chi connectivity index (χ3n) is 13.8. The number of halogens is 2. The van der Waals surface area contributed by atoms with Crippen molar-refractivity contribution in [3.8, 4) is 44.8 Å². The third kappa shape index (κ3) is 18.2. The normalized spacial score (nSPS) is 12.4. The summed E-state index contributed by atoms with van der Waals surface area (Å²) in [4.78, 5) is 49.8. The van der Waals surface area contributed by atoms with Crippen molar-refractivity contribution in [3.05, 3.63) is 204 Å². The van der Waals surface area contributed by atoms with Crippen LogP contribution in [-0.4, -0.2) is 77.7 Å². The molecule has 4 atom stereocenters. The minimum atomic E-state index is -1.39. The molecular formula is C66H68F2N4Na2O10. The van der Waals surface area contributed by atoms with E-state index in [1.165, 1.54) is 24.3 Å². The van der Waals surface area contributed by atoms with Gasteiger partial charge in [-0.3, -0.25) is 9.59 Å². The second-order valence-corrected chi connectivity index (χ2v) is 20.8. The number of hydrogen-bond acceptors (Lipinski definition) is 10. The molecule has 18 heteroatoms. The van der Waals surface area contributed by atoms with Gasteiger partial charge in [0.15, 0.2) is 0 Å². The van der Waals surface area contributed by atoms with Crippen molar-refractivity contribution in [1.82, 2.24) is 9.13 Å². The molecule has 2 amide bonds. The van der Waals surface area contributed by atoms with Gasteiger partial charge in [0.05, 0.1) is 46.9 Å². The Bertz CT molecular complexity index is 3170. The van der Waals surface area contributed by atoms with E-state index in [9.17, 15) is 58.6 Å². The molecule has 14 nitrogen and oxygen atoms in total. The maximum atomic E-state index is 14.0. The predicted molar refractivity (Wildman–Crippen MR) is 309 cm³/mol. The quantitative estimate of drug-likeness (QED) is 0.0478. The Morgan fingerprint density at radius 1 is 0.440 bits per heavy atom. The monoisotopic (exact) mass is 1160 g/mol. The molecule has 0 spiro atoms. The zero-order valence-electron chi connectivity index (χ0n) is 48.2. The molecule has 0 aliphatic carbocycles. The molecule has 0 bridgehead atoms. The van der Waals surface area contributed by atoms with E-state index in [2.05, 4.69) is 10.6 Å². The van der Waals surface area contributed by atoms with Crippen LogP contribution in [0.5, 0.6) is 0 Å². The van der Waals surface area contributed by atoms with Crippen molar-refractivity contribution >= 4 is 35.1 Å². The number of aliphatic carboxylic acids is 2. The van der Waals surface area contributed by atoms with Crippen molar-refractivity contribution < 1.29 is 118 Å². The Labute approximate surface area is 532 Å². The number of hydrogen-bond donors (Lipinski definition) is 6. The van der Waals surface area contributed by atoms with Gasteiger partial charge in [-0.05, 0) is 133 Å². The summed E-state index contributed by atoms with van der Waals surface area (Å²) in [6.07, 6.45) is -5.54. The van der Waals surface area contributed by atoms with Gasteiger partial charge in [-0.15, -0.1) is 0 Å². The van der Waals surface area contributed by atoms with E-state index >= 15 is 0 Å². The average Bonchev–Trinajstić information content (AvgIpc) is 2.49. The van der Waals surface area contributed by atoms with Crippen LogP contribution in [0.4, 0.5) is 20.2 Å². The number of carbonyl (C=O) groups excluding carboxylic acids is 4. The maximum absolute atomic E-state index is 14.0. The molecule has 0 unspecified atom stereocenters. The van der Waals surface area contributed by atoms with Gasteiger partial charge >= 0.3 is 59.1 Å². The molecule has 8 rings (SSSR count). The molecule has 8 aromatic rings. The van der Waals surface area contributed by atoms with Crippen LogP contribution in [0.25, 0.3) is 44.8 Å². The number of para-hydroxylation sites is 2. The summed E-state index contributed by atoms with van der Waals surface area (Å²) in [6, 6.07) is 49.4. The van der Waals surface area contributed by atoms with Crippen LogP contribution in [0.2, 0.25) is 0 Å². The molecule has 2 heterocycles. The summed E-state index contributed by atoms with van der Waals surface area (Å²) in [5.41, 5.74) is 9.43. The van der Waals surface area contributed by atoms with Crippen LogP contribution < -0.4 is 80.0 Å². The van der Waals surface area contributed by atoms with Gasteiger partial charge in [0, 0.05) is 71.8 Å².